The first-order valence-electron chi connectivity index (χ1n) is 6.74. The molecule has 0 bridgehead atoms. The maximum Gasteiger partial charge on any atom is 0.320 e. The minimum atomic E-state index is -0.483. The maximum atomic E-state index is 12.2. The molecule has 3 N–H and O–H groups in total. The first-order valence-corrected chi connectivity index (χ1v) is 6.74. The molecule has 22 heavy (non-hydrogen) atoms. The van der Waals surface area contributed by atoms with E-state index in [9.17, 15) is 4.79 Å². The molecule has 0 aliphatic carbocycles. The lowest BCUT2D eigenvalue weighted by atomic mass is 10.1. The average Bonchev–Trinajstić information content (AvgIpc) is 3.08. The van der Waals surface area contributed by atoms with Crippen molar-refractivity contribution in [2.24, 2.45) is 0 Å². The molecular formula is C15H14N6O. The molecule has 1 heterocycles. The van der Waals surface area contributed by atoms with Gasteiger partial charge < -0.3 is 10.6 Å². The summed E-state index contributed by atoms with van der Waals surface area (Å²) in [7, 11) is 0. The number of para-hydroxylation sites is 1. The van der Waals surface area contributed by atoms with E-state index in [0.717, 1.165) is 5.56 Å². The predicted molar refractivity (Wildman–Crippen MR) is 81.1 cm³/mol. The van der Waals surface area contributed by atoms with E-state index in [-0.39, 0.29) is 6.03 Å². The highest BCUT2D eigenvalue weighted by molar-refractivity contribution is 5.89. The van der Waals surface area contributed by atoms with Crippen molar-refractivity contribution < 1.29 is 4.79 Å². The molecule has 110 valence electrons. The average molecular weight is 294 g/mol. The Balaban J connectivity index is 1.77. The highest BCUT2D eigenvalue weighted by Gasteiger charge is 2.20. The number of tetrazole rings is 1. The van der Waals surface area contributed by atoms with Crippen LogP contribution in [0.15, 0.2) is 60.7 Å². The van der Waals surface area contributed by atoms with Gasteiger partial charge in [0.1, 0.15) is 6.04 Å². The van der Waals surface area contributed by atoms with Crippen molar-refractivity contribution in [2.45, 2.75) is 6.04 Å². The summed E-state index contributed by atoms with van der Waals surface area (Å²) in [5.74, 6) is 0.398. The normalized spacial score (nSPS) is 11.6. The molecule has 0 aliphatic heterocycles. The summed E-state index contributed by atoms with van der Waals surface area (Å²) < 4.78 is 0. The Bertz CT molecular complexity index is 714. The highest BCUT2D eigenvalue weighted by atomic mass is 16.2. The van der Waals surface area contributed by atoms with Gasteiger partial charge in [-0.15, -0.1) is 10.2 Å². The van der Waals surface area contributed by atoms with E-state index in [4.69, 9.17) is 0 Å². The molecule has 3 rings (SSSR count). The Hall–Kier alpha value is -3.22. The van der Waals surface area contributed by atoms with E-state index < -0.39 is 6.04 Å². The van der Waals surface area contributed by atoms with Gasteiger partial charge in [0.15, 0.2) is 0 Å². The van der Waals surface area contributed by atoms with Gasteiger partial charge in [0.05, 0.1) is 0 Å². The number of anilines is 1. The Labute approximate surface area is 126 Å². The molecule has 0 saturated heterocycles. The Morgan fingerprint density at radius 3 is 2.32 bits per heavy atom. The molecular weight excluding hydrogens is 280 g/mol. The van der Waals surface area contributed by atoms with Crippen molar-refractivity contribution in [1.29, 1.82) is 0 Å². The lowest BCUT2D eigenvalue weighted by Gasteiger charge is -2.16. The van der Waals surface area contributed by atoms with E-state index in [1.165, 1.54) is 0 Å². The minimum absolute atomic E-state index is 0.343. The highest BCUT2D eigenvalue weighted by Crippen LogP contribution is 2.18. The topological polar surface area (TPSA) is 95.6 Å². The van der Waals surface area contributed by atoms with Gasteiger partial charge >= 0.3 is 6.03 Å². The number of urea groups is 1. The molecule has 2 amide bonds. The maximum absolute atomic E-state index is 12.2. The predicted octanol–water partition coefficient (Wildman–Crippen LogP) is 2.11. The largest absolute Gasteiger partial charge is 0.324 e. The van der Waals surface area contributed by atoms with E-state index in [0.29, 0.717) is 11.5 Å². The second kappa shape index (κ2) is 6.49. The van der Waals surface area contributed by atoms with Crippen LogP contribution < -0.4 is 10.6 Å². The molecule has 1 unspecified atom stereocenters. The van der Waals surface area contributed by atoms with Gasteiger partial charge in [-0.2, -0.15) is 5.21 Å². The van der Waals surface area contributed by atoms with Crippen LogP contribution >= 0.6 is 0 Å². The van der Waals surface area contributed by atoms with Crippen molar-refractivity contribution >= 4 is 11.7 Å². The number of amides is 2. The van der Waals surface area contributed by atoms with E-state index in [1.54, 1.807) is 0 Å². The lowest BCUT2D eigenvalue weighted by Crippen LogP contribution is -2.33. The van der Waals surface area contributed by atoms with Crippen LogP contribution in [0.1, 0.15) is 17.4 Å². The summed E-state index contributed by atoms with van der Waals surface area (Å²) >= 11 is 0. The van der Waals surface area contributed by atoms with Crippen LogP contribution in [0.25, 0.3) is 0 Å². The molecule has 0 spiro atoms. The number of nitrogens with one attached hydrogen (secondary N) is 3. The molecule has 3 aromatic rings. The van der Waals surface area contributed by atoms with Gasteiger partial charge in [0, 0.05) is 5.69 Å². The zero-order valence-electron chi connectivity index (χ0n) is 11.6. The smallest absolute Gasteiger partial charge is 0.320 e. The third-order valence-electron chi connectivity index (χ3n) is 3.06. The van der Waals surface area contributed by atoms with Crippen LogP contribution in [-0.2, 0) is 0 Å². The van der Waals surface area contributed by atoms with Crippen LogP contribution in [0.3, 0.4) is 0 Å². The molecule has 0 saturated carbocycles. The number of aromatic amines is 1. The third-order valence-corrected chi connectivity index (χ3v) is 3.06. The number of benzene rings is 2. The molecule has 7 nitrogen and oxygen atoms in total. The second-order valence-electron chi connectivity index (χ2n) is 4.58. The van der Waals surface area contributed by atoms with Crippen LogP contribution in [0.4, 0.5) is 10.5 Å². The van der Waals surface area contributed by atoms with Gasteiger partial charge in [-0.25, -0.2) is 4.79 Å². The number of nitrogens with zero attached hydrogens (tertiary/aromatic N) is 3. The van der Waals surface area contributed by atoms with Gasteiger partial charge in [0.25, 0.3) is 0 Å². The summed E-state index contributed by atoms with van der Waals surface area (Å²) in [5.41, 5.74) is 1.58. The van der Waals surface area contributed by atoms with Gasteiger partial charge in [0.2, 0.25) is 5.82 Å². The van der Waals surface area contributed by atoms with Crippen molar-refractivity contribution in [2.75, 3.05) is 5.32 Å². The van der Waals surface area contributed by atoms with Crippen LogP contribution in [0, 0.1) is 0 Å². The summed E-state index contributed by atoms with van der Waals surface area (Å²) in [6.45, 7) is 0. The Kier molecular flexibility index (Phi) is 4.05. The quantitative estimate of drug-likeness (QED) is 0.686. The zero-order valence-corrected chi connectivity index (χ0v) is 11.6. The number of hydrogen-bond acceptors (Lipinski definition) is 4. The molecule has 7 heteroatoms. The fraction of sp³-hybridized carbons (Fsp3) is 0.0667. The summed E-state index contributed by atoms with van der Waals surface area (Å²) in [6, 6.07) is 17.8. The van der Waals surface area contributed by atoms with Crippen molar-refractivity contribution in [3.63, 3.8) is 0 Å². The number of carbonyl (C=O) groups excluding carboxylic acids is 1. The molecule has 0 aliphatic rings. The SMILES string of the molecule is O=C(Nc1ccccc1)NC(c1ccccc1)c1nn[nH]n1. The van der Waals surface area contributed by atoms with E-state index in [2.05, 4.69) is 31.3 Å². The van der Waals surface area contributed by atoms with Gasteiger partial charge in [-0.1, -0.05) is 53.7 Å². The standard InChI is InChI=1S/C15H14N6O/c22-15(16-12-9-5-2-6-10-12)17-13(14-18-20-21-19-14)11-7-3-1-4-8-11/h1-10,13H,(H2,16,17,22)(H,18,19,20,21). The Morgan fingerprint density at radius 1 is 1.00 bits per heavy atom. The molecule has 1 atom stereocenters. The number of hydrogen-bond donors (Lipinski definition) is 3. The molecule has 1 aromatic heterocycles. The van der Waals surface area contributed by atoms with E-state index >= 15 is 0 Å². The van der Waals surface area contributed by atoms with Gasteiger partial charge in [-0.05, 0) is 17.7 Å². The fourth-order valence-electron chi connectivity index (χ4n) is 2.05. The first kappa shape index (κ1) is 13.7. The van der Waals surface area contributed by atoms with E-state index in [1.807, 2.05) is 60.7 Å². The van der Waals surface area contributed by atoms with Gasteiger partial charge in [-0.3, -0.25) is 0 Å². The molecule has 0 fully saturated rings. The van der Waals surface area contributed by atoms with Crippen LogP contribution in [-0.4, -0.2) is 26.7 Å². The van der Waals surface area contributed by atoms with Crippen LogP contribution in [0.5, 0.6) is 0 Å². The number of rotatable bonds is 4. The second-order valence-corrected chi connectivity index (χ2v) is 4.58. The number of carbonyl (C=O) groups is 1. The summed E-state index contributed by atoms with van der Waals surface area (Å²) in [5, 5.41) is 19.5. The van der Waals surface area contributed by atoms with Crippen molar-refractivity contribution in [3.8, 4) is 0 Å². The minimum Gasteiger partial charge on any atom is -0.324 e. The number of aromatic nitrogens is 4. The fourth-order valence-corrected chi connectivity index (χ4v) is 2.05. The zero-order chi connectivity index (χ0) is 15.2. The molecule has 0 radical (unpaired) electrons. The monoisotopic (exact) mass is 294 g/mol. The number of H-pyrrole nitrogens is 1. The molecule has 2 aromatic carbocycles. The third kappa shape index (κ3) is 3.26. The van der Waals surface area contributed by atoms with Crippen molar-refractivity contribution in [3.05, 3.63) is 72.1 Å². The Morgan fingerprint density at radius 2 is 1.68 bits per heavy atom. The van der Waals surface area contributed by atoms with Crippen molar-refractivity contribution in [1.82, 2.24) is 25.9 Å². The van der Waals surface area contributed by atoms with Crippen LogP contribution in [0.2, 0.25) is 0 Å². The summed E-state index contributed by atoms with van der Waals surface area (Å²) in [6.07, 6.45) is 0. The summed E-state index contributed by atoms with van der Waals surface area (Å²) in [4.78, 5) is 12.2. The lowest BCUT2D eigenvalue weighted by molar-refractivity contribution is 0.249. The first-order chi connectivity index (χ1) is 10.8.